The van der Waals surface area contributed by atoms with Gasteiger partial charge in [-0.2, -0.15) is 12.6 Å². The summed E-state index contributed by atoms with van der Waals surface area (Å²) in [4.78, 5) is 36.3. The highest BCUT2D eigenvalue weighted by atomic mass is 32.1. The molecule has 1 heterocycles. The molecule has 0 aliphatic carbocycles. The predicted octanol–water partition coefficient (Wildman–Crippen LogP) is 1.52. The Labute approximate surface area is 161 Å². The topological polar surface area (TPSA) is 95.5 Å². The van der Waals surface area contributed by atoms with Crippen LogP contribution in [-0.4, -0.2) is 40.7 Å². The van der Waals surface area contributed by atoms with Crippen molar-refractivity contribution in [2.75, 3.05) is 6.54 Å². The molecule has 138 valence electrons. The summed E-state index contributed by atoms with van der Waals surface area (Å²) in [5, 5.41) is 15.0. The lowest BCUT2D eigenvalue weighted by Gasteiger charge is -2.20. The summed E-state index contributed by atoms with van der Waals surface area (Å²) in [6, 6.07) is 12.3. The fourth-order valence-electron chi connectivity index (χ4n) is 2.32. The summed E-state index contributed by atoms with van der Waals surface area (Å²) in [7, 11) is 0. The first-order valence-corrected chi connectivity index (χ1v) is 9.39. The molecule has 0 aliphatic rings. The molecule has 8 heteroatoms. The fourth-order valence-corrected chi connectivity index (χ4v) is 3.36. The van der Waals surface area contributed by atoms with Gasteiger partial charge in [0.2, 0.25) is 11.8 Å². The first kappa shape index (κ1) is 20.0. The maximum atomic E-state index is 12.4. The number of carbonyl (C=O) groups is 3. The number of nitrogens with one attached hydrogen (secondary N) is 2. The summed E-state index contributed by atoms with van der Waals surface area (Å²) >= 11 is 5.81. The third-order valence-electron chi connectivity index (χ3n) is 3.61. The lowest BCUT2D eigenvalue weighted by atomic mass is 10.1. The minimum Gasteiger partial charge on any atom is -0.480 e. The molecule has 2 amide bonds. The SMILES string of the molecule is O=C(O)CNC(=O)[C@@H](Cc1cccs1)NC(=O)C(S)Cc1ccccc1. The number of aliphatic carboxylic acids is 1. The average molecular weight is 393 g/mol. The Kier molecular flexibility index (Phi) is 7.68. The number of carboxylic acids is 1. The number of thiophene rings is 1. The van der Waals surface area contributed by atoms with Gasteiger partial charge in [0.15, 0.2) is 0 Å². The van der Waals surface area contributed by atoms with Gasteiger partial charge in [0.25, 0.3) is 0 Å². The van der Waals surface area contributed by atoms with Gasteiger partial charge in [-0.25, -0.2) is 0 Å². The molecule has 0 saturated carbocycles. The molecule has 1 aromatic heterocycles. The Morgan fingerprint density at radius 2 is 1.77 bits per heavy atom. The van der Waals surface area contributed by atoms with Crippen molar-refractivity contribution in [3.8, 4) is 0 Å². The minimum absolute atomic E-state index is 0.292. The molecular weight excluding hydrogens is 372 g/mol. The van der Waals surface area contributed by atoms with Crippen molar-refractivity contribution in [1.29, 1.82) is 0 Å². The van der Waals surface area contributed by atoms with Crippen molar-refractivity contribution in [2.24, 2.45) is 0 Å². The Balaban J connectivity index is 2.00. The van der Waals surface area contributed by atoms with Crippen LogP contribution in [-0.2, 0) is 27.2 Å². The zero-order valence-corrected chi connectivity index (χ0v) is 15.6. The van der Waals surface area contributed by atoms with Crippen LogP contribution in [0.4, 0.5) is 0 Å². The maximum absolute atomic E-state index is 12.4. The normalized spacial score (nSPS) is 12.8. The van der Waals surface area contributed by atoms with Gasteiger partial charge >= 0.3 is 5.97 Å². The van der Waals surface area contributed by atoms with Gasteiger partial charge in [0, 0.05) is 11.3 Å². The van der Waals surface area contributed by atoms with E-state index >= 15 is 0 Å². The summed E-state index contributed by atoms with van der Waals surface area (Å²) in [6.07, 6.45) is 0.721. The summed E-state index contributed by atoms with van der Waals surface area (Å²) in [5.41, 5.74) is 0.966. The zero-order chi connectivity index (χ0) is 18.9. The predicted molar refractivity (Wildman–Crippen MR) is 104 cm³/mol. The molecule has 2 atom stereocenters. The molecule has 0 saturated heterocycles. The highest BCUT2D eigenvalue weighted by Gasteiger charge is 2.25. The van der Waals surface area contributed by atoms with E-state index in [1.54, 1.807) is 0 Å². The third-order valence-corrected chi connectivity index (χ3v) is 4.92. The van der Waals surface area contributed by atoms with Gasteiger partial charge < -0.3 is 15.7 Å². The Bertz CT molecular complexity index is 735. The van der Waals surface area contributed by atoms with Gasteiger partial charge in [-0.1, -0.05) is 36.4 Å². The number of carbonyl (C=O) groups excluding carboxylic acids is 2. The second-order valence-electron chi connectivity index (χ2n) is 5.66. The van der Waals surface area contributed by atoms with Gasteiger partial charge in [-0.05, 0) is 23.4 Å². The van der Waals surface area contributed by atoms with E-state index in [0.717, 1.165) is 10.4 Å². The number of hydrogen-bond acceptors (Lipinski definition) is 5. The standard InChI is InChI=1S/C18H20N2O4S2/c21-16(22)11-19-17(23)14(10-13-7-4-8-26-13)20-18(24)15(25)9-12-5-2-1-3-6-12/h1-8,14-15,25H,9-11H2,(H,19,23)(H,20,24)(H,21,22)/t14-,15?/m1/s1. The molecule has 1 unspecified atom stereocenters. The molecule has 0 aliphatic heterocycles. The van der Waals surface area contributed by atoms with Crippen LogP contribution in [0.15, 0.2) is 47.8 Å². The van der Waals surface area contributed by atoms with Crippen LogP contribution >= 0.6 is 24.0 Å². The van der Waals surface area contributed by atoms with Crippen molar-refractivity contribution < 1.29 is 19.5 Å². The van der Waals surface area contributed by atoms with Gasteiger partial charge in [-0.15, -0.1) is 11.3 Å². The smallest absolute Gasteiger partial charge is 0.322 e. The summed E-state index contributed by atoms with van der Waals surface area (Å²) in [5.74, 6) is -2.05. The molecule has 0 bridgehead atoms. The largest absolute Gasteiger partial charge is 0.480 e. The molecule has 0 radical (unpaired) electrons. The van der Waals surface area contributed by atoms with E-state index < -0.39 is 29.7 Å². The second-order valence-corrected chi connectivity index (χ2v) is 7.32. The number of amides is 2. The van der Waals surface area contributed by atoms with E-state index in [2.05, 4.69) is 23.3 Å². The Morgan fingerprint density at radius 3 is 2.38 bits per heavy atom. The zero-order valence-electron chi connectivity index (χ0n) is 13.9. The maximum Gasteiger partial charge on any atom is 0.322 e. The molecule has 2 rings (SSSR count). The highest BCUT2D eigenvalue weighted by Crippen LogP contribution is 2.13. The molecule has 0 spiro atoms. The van der Waals surface area contributed by atoms with Crippen LogP contribution in [0.2, 0.25) is 0 Å². The molecule has 3 N–H and O–H groups in total. The number of carboxylic acid groups (broad SMARTS) is 1. The van der Waals surface area contributed by atoms with E-state index in [1.807, 2.05) is 47.8 Å². The van der Waals surface area contributed by atoms with Crippen LogP contribution in [0.3, 0.4) is 0 Å². The Hall–Kier alpha value is -2.32. The van der Waals surface area contributed by atoms with E-state index in [0.29, 0.717) is 12.8 Å². The molecule has 2 aromatic rings. The van der Waals surface area contributed by atoms with E-state index in [9.17, 15) is 14.4 Å². The molecular formula is C18H20N2O4S2. The first-order chi connectivity index (χ1) is 12.5. The molecule has 0 fully saturated rings. The fraction of sp³-hybridized carbons (Fsp3) is 0.278. The number of benzene rings is 1. The van der Waals surface area contributed by atoms with Gasteiger partial charge in [0.1, 0.15) is 12.6 Å². The van der Waals surface area contributed by atoms with Crippen LogP contribution in [0, 0.1) is 0 Å². The quantitative estimate of drug-likeness (QED) is 0.487. The van der Waals surface area contributed by atoms with Crippen LogP contribution < -0.4 is 10.6 Å². The van der Waals surface area contributed by atoms with E-state index in [-0.39, 0.29) is 5.91 Å². The minimum atomic E-state index is -1.14. The monoisotopic (exact) mass is 392 g/mol. The average Bonchev–Trinajstić information content (AvgIpc) is 3.13. The summed E-state index contributed by atoms with van der Waals surface area (Å²) in [6.45, 7) is -0.496. The molecule has 1 aromatic carbocycles. The van der Waals surface area contributed by atoms with Crippen molar-refractivity contribution in [3.05, 3.63) is 58.3 Å². The van der Waals surface area contributed by atoms with Crippen molar-refractivity contribution in [2.45, 2.75) is 24.1 Å². The highest BCUT2D eigenvalue weighted by molar-refractivity contribution is 7.81. The van der Waals surface area contributed by atoms with Crippen molar-refractivity contribution in [3.63, 3.8) is 0 Å². The number of thiol groups is 1. The Morgan fingerprint density at radius 1 is 1.04 bits per heavy atom. The van der Waals surface area contributed by atoms with Crippen LogP contribution in [0.1, 0.15) is 10.4 Å². The van der Waals surface area contributed by atoms with E-state index in [4.69, 9.17) is 5.11 Å². The van der Waals surface area contributed by atoms with Crippen LogP contribution in [0.25, 0.3) is 0 Å². The molecule has 26 heavy (non-hydrogen) atoms. The summed E-state index contributed by atoms with van der Waals surface area (Å²) < 4.78 is 0. The van der Waals surface area contributed by atoms with E-state index in [1.165, 1.54) is 11.3 Å². The lowest BCUT2D eigenvalue weighted by Crippen LogP contribution is -2.51. The van der Waals surface area contributed by atoms with Crippen molar-refractivity contribution >= 4 is 41.7 Å². The van der Waals surface area contributed by atoms with Gasteiger partial charge in [0.05, 0.1) is 5.25 Å². The van der Waals surface area contributed by atoms with Crippen molar-refractivity contribution in [1.82, 2.24) is 10.6 Å². The molecule has 6 nitrogen and oxygen atoms in total. The number of rotatable bonds is 9. The first-order valence-electron chi connectivity index (χ1n) is 8.00. The lowest BCUT2D eigenvalue weighted by molar-refractivity contribution is -0.138. The third kappa shape index (κ3) is 6.53. The second kappa shape index (κ2) is 9.98. The van der Waals surface area contributed by atoms with Crippen LogP contribution in [0.5, 0.6) is 0 Å². The van der Waals surface area contributed by atoms with Gasteiger partial charge in [-0.3, -0.25) is 14.4 Å². The number of hydrogen-bond donors (Lipinski definition) is 4.